The molecule has 0 aliphatic carbocycles. The molecule has 0 aromatic heterocycles. The van der Waals surface area contributed by atoms with Gasteiger partial charge in [0.05, 0.1) is 12.7 Å². The molecule has 0 amide bonds. The monoisotopic (exact) mass is 262 g/mol. The summed E-state index contributed by atoms with van der Waals surface area (Å²) in [5, 5.41) is 10.8. The highest BCUT2D eigenvalue weighted by molar-refractivity contribution is 5.50. The van der Waals surface area contributed by atoms with Gasteiger partial charge in [-0.3, -0.25) is 0 Å². The highest BCUT2D eigenvalue weighted by atomic mass is 16.5. The van der Waals surface area contributed by atoms with Gasteiger partial charge < -0.3 is 9.84 Å². The number of aliphatic hydroxyl groups excluding tert-OH is 1. The third-order valence-electron chi connectivity index (χ3n) is 5.00. The van der Waals surface area contributed by atoms with Crippen LogP contribution in [0.3, 0.4) is 0 Å². The molecule has 0 bridgehead atoms. The van der Waals surface area contributed by atoms with E-state index in [9.17, 15) is 5.11 Å². The van der Waals surface area contributed by atoms with Crippen molar-refractivity contribution >= 4 is 0 Å². The molecule has 1 N–H and O–H groups in total. The maximum Gasteiger partial charge on any atom is 0.0845 e. The van der Waals surface area contributed by atoms with Crippen LogP contribution in [0.5, 0.6) is 0 Å². The molecule has 0 spiro atoms. The molecule has 1 heterocycles. The van der Waals surface area contributed by atoms with E-state index in [1.54, 1.807) is 0 Å². The van der Waals surface area contributed by atoms with E-state index in [2.05, 4.69) is 34.6 Å². The van der Waals surface area contributed by atoms with Crippen LogP contribution in [0.4, 0.5) is 0 Å². The van der Waals surface area contributed by atoms with E-state index >= 15 is 0 Å². The van der Waals surface area contributed by atoms with E-state index in [0.29, 0.717) is 6.61 Å². The summed E-state index contributed by atoms with van der Waals surface area (Å²) in [4.78, 5) is 0. The van der Waals surface area contributed by atoms with E-state index in [-0.39, 0.29) is 5.92 Å². The normalized spacial score (nSPS) is 21.5. The van der Waals surface area contributed by atoms with Gasteiger partial charge in [-0.2, -0.15) is 0 Å². The van der Waals surface area contributed by atoms with E-state index < -0.39 is 6.10 Å². The number of ether oxygens (including phenoxy) is 1. The number of hydrogen-bond acceptors (Lipinski definition) is 2. The van der Waals surface area contributed by atoms with Crippen molar-refractivity contribution in [3.63, 3.8) is 0 Å². The molecule has 1 fully saturated rings. The molecule has 2 rings (SSSR count). The van der Waals surface area contributed by atoms with Gasteiger partial charge in [0, 0.05) is 12.5 Å². The fraction of sp³-hybridized carbons (Fsp3) is 0.647. The van der Waals surface area contributed by atoms with Gasteiger partial charge in [-0.15, -0.1) is 0 Å². The minimum absolute atomic E-state index is 0.243. The minimum Gasteiger partial charge on any atom is -0.388 e. The maximum absolute atomic E-state index is 10.8. The lowest BCUT2D eigenvalue weighted by Gasteiger charge is -2.30. The largest absolute Gasteiger partial charge is 0.388 e. The summed E-state index contributed by atoms with van der Waals surface area (Å²) in [6, 6.07) is 0. The van der Waals surface area contributed by atoms with E-state index in [4.69, 9.17) is 4.74 Å². The van der Waals surface area contributed by atoms with Gasteiger partial charge >= 0.3 is 0 Å². The van der Waals surface area contributed by atoms with E-state index in [1.807, 2.05) is 0 Å². The lowest BCUT2D eigenvalue weighted by atomic mass is 9.82. The molecular formula is C17H26O2. The molecule has 1 saturated heterocycles. The molecule has 19 heavy (non-hydrogen) atoms. The quantitative estimate of drug-likeness (QED) is 0.881. The van der Waals surface area contributed by atoms with E-state index in [0.717, 1.165) is 25.0 Å². The Bertz CT molecular complexity index is 442. The summed E-state index contributed by atoms with van der Waals surface area (Å²) in [6.07, 6.45) is 1.73. The van der Waals surface area contributed by atoms with Crippen molar-refractivity contribution in [2.45, 2.75) is 53.6 Å². The van der Waals surface area contributed by atoms with Crippen LogP contribution in [0, 0.1) is 40.5 Å². The minimum atomic E-state index is -0.390. The molecule has 1 aliphatic rings. The van der Waals surface area contributed by atoms with Crippen molar-refractivity contribution in [2.24, 2.45) is 5.92 Å². The van der Waals surface area contributed by atoms with Crippen LogP contribution in [0.25, 0.3) is 0 Å². The smallest absolute Gasteiger partial charge is 0.0845 e. The second-order valence-corrected chi connectivity index (χ2v) is 5.96. The predicted molar refractivity (Wildman–Crippen MR) is 78.6 cm³/mol. The molecule has 2 nitrogen and oxygen atoms in total. The average molecular weight is 262 g/mol. The van der Waals surface area contributed by atoms with Gasteiger partial charge in [0.25, 0.3) is 0 Å². The molecule has 2 atom stereocenters. The summed E-state index contributed by atoms with van der Waals surface area (Å²) in [5.74, 6) is 0.243. The summed E-state index contributed by atoms with van der Waals surface area (Å²) in [6.45, 7) is 12.3. The Labute approximate surface area is 116 Å². The number of benzene rings is 1. The van der Waals surface area contributed by atoms with Crippen molar-refractivity contribution in [3.8, 4) is 0 Å². The fourth-order valence-corrected chi connectivity index (χ4v) is 3.22. The van der Waals surface area contributed by atoms with Crippen LogP contribution in [0.1, 0.15) is 52.3 Å². The number of aliphatic hydroxyl groups is 1. The van der Waals surface area contributed by atoms with Crippen LogP contribution in [-0.2, 0) is 4.74 Å². The van der Waals surface area contributed by atoms with Gasteiger partial charge in [-0.25, -0.2) is 0 Å². The number of hydrogen-bond donors (Lipinski definition) is 1. The first kappa shape index (κ1) is 14.5. The third kappa shape index (κ3) is 2.56. The van der Waals surface area contributed by atoms with Crippen molar-refractivity contribution < 1.29 is 9.84 Å². The second-order valence-electron chi connectivity index (χ2n) is 5.96. The van der Waals surface area contributed by atoms with Gasteiger partial charge in [0.15, 0.2) is 0 Å². The molecule has 106 valence electrons. The van der Waals surface area contributed by atoms with Gasteiger partial charge in [-0.05, 0) is 80.8 Å². The lowest BCUT2D eigenvalue weighted by Crippen LogP contribution is -2.25. The molecule has 2 heteroatoms. The first-order valence-electron chi connectivity index (χ1n) is 7.27. The highest BCUT2D eigenvalue weighted by Crippen LogP contribution is 2.36. The van der Waals surface area contributed by atoms with Crippen molar-refractivity contribution in [3.05, 3.63) is 33.4 Å². The maximum atomic E-state index is 10.8. The third-order valence-corrected chi connectivity index (χ3v) is 5.00. The van der Waals surface area contributed by atoms with Crippen molar-refractivity contribution in [1.29, 1.82) is 0 Å². The number of rotatable bonds is 2. The molecule has 1 aromatic rings. The van der Waals surface area contributed by atoms with Crippen LogP contribution >= 0.6 is 0 Å². The standard InChI is InChI=1S/C17H26O2/c1-10-11(2)13(4)16(14(5)12(10)3)17(18)15-7-6-8-19-9-15/h15,17-18H,6-9H2,1-5H3. The molecule has 2 unspecified atom stereocenters. The Morgan fingerprint density at radius 1 is 0.947 bits per heavy atom. The zero-order valence-corrected chi connectivity index (χ0v) is 12.8. The molecular weight excluding hydrogens is 236 g/mol. The topological polar surface area (TPSA) is 29.5 Å². The Kier molecular flexibility index (Phi) is 4.32. The zero-order chi connectivity index (χ0) is 14.2. The molecule has 0 saturated carbocycles. The SMILES string of the molecule is Cc1c(C)c(C)c(C(O)C2CCCOC2)c(C)c1C. The summed E-state index contributed by atoms with van der Waals surface area (Å²) in [7, 11) is 0. The Balaban J connectivity index is 2.43. The molecule has 1 aromatic carbocycles. The van der Waals surface area contributed by atoms with Crippen LogP contribution in [-0.4, -0.2) is 18.3 Å². The first-order chi connectivity index (χ1) is 8.95. The van der Waals surface area contributed by atoms with Gasteiger partial charge in [0.2, 0.25) is 0 Å². The van der Waals surface area contributed by atoms with Crippen molar-refractivity contribution in [2.75, 3.05) is 13.2 Å². The molecule has 0 radical (unpaired) electrons. The molecule has 1 aliphatic heterocycles. The van der Waals surface area contributed by atoms with Gasteiger partial charge in [0.1, 0.15) is 0 Å². The van der Waals surface area contributed by atoms with E-state index in [1.165, 1.54) is 27.8 Å². The second kappa shape index (κ2) is 5.64. The van der Waals surface area contributed by atoms with Crippen LogP contribution in [0.2, 0.25) is 0 Å². The Hall–Kier alpha value is -0.860. The van der Waals surface area contributed by atoms with Crippen LogP contribution < -0.4 is 0 Å². The van der Waals surface area contributed by atoms with Crippen LogP contribution in [0.15, 0.2) is 0 Å². The summed E-state index contributed by atoms with van der Waals surface area (Å²) < 4.78 is 5.53. The summed E-state index contributed by atoms with van der Waals surface area (Å²) >= 11 is 0. The van der Waals surface area contributed by atoms with Gasteiger partial charge in [-0.1, -0.05) is 0 Å². The van der Waals surface area contributed by atoms with Crippen molar-refractivity contribution in [1.82, 2.24) is 0 Å². The Morgan fingerprint density at radius 3 is 1.95 bits per heavy atom. The zero-order valence-electron chi connectivity index (χ0n) is 12.8. The lowest BCUT2D eigenvalue weighted by molar-refractivity contribution is -0.0104. The average Bonchev–Trinajstić information content (AvgIpc) is 2.44. The first-order valence-corrected chi connectivity index (χ1v) is 7.27. The highest BCUT2D eigenvalue weighted by Gasteiger charge is 2.27. The fourth-order valence-electron chi connectivity index (χ4n) is 3.22. The Morgan fingerprint density at radius 2 is 1.47 bits per heavy atom. The predicted octanol–water partition coefficient (Wildman–Crippen LogP) is 3.69. The summed E-state index contributed by atoms with van der Waals surface area (Å²) in [5.41, 5.74) is 7.61.